The molecule has 0 heterocycles. The van der Waals surface area contributed by atoms with E-state index in [1.54, 1.807) is 24.3 Å². The molecule has 0 aliphatic rings. The Bertz CT molecular complexity index is 461. The summed E-state index contributed by atoms with van der Waals surface area (Å²) in [5.74, 6) is 0.364. The second-order valence-electron chi connectivity index (χ2n) is 4.71. The van der Waals surface area contributed by atoms with Crippen molar-refractivity contribution in [1.29, 1.82) is 5.26 Å². The van der Waals surface area contributed by atoms with Gasteiger partial charge in [0, 0.05) is 5.54 Å². The number of carbonyl (C=O) groups excluding carboxylic acids is 1. The van der Waals surface area contributed by atoms with Gasteiger partial charge in [-0.1, -0.05) is 13.0 Å². The summed E-state index contributed by atoms with van der Waals surface area (Å²) in [4.78, 5) is 11.6. The molecule has 1 N–H and O–H groups in total. The summed E-state index contributed by atoms with van der Waals surface area (Å²) in [6.45, 7) is 5.89. The molecule has 0 saturated heterocycles. The Labute approximate surface area is 108 Å². The van der Waals surface area contributed by atoms with Crippen molar-refractivity contribution in [3.05, 3.63) is 29.8 Å². The number of nitrogens with zero attached hydrogens (tertiary/aromatic N) is 1. The largest absolute Gasteiger partial charge is 0.484 e. The van der Waals surface area contributed by atoms with Crippen molar-refractivity contribution >= 4 is 5.91 Å². The summed E-state index contributed by atoms with van der Waals surface area (Å²) in [6.07, 6.45) is 0.850. The zero-order valence-electron chi connectivity index (χ0n) is 11.0. The average Bonchev–Trinajstić information content (AvgIpc) is 2.36. The summed E-state index contributed by atoms with van der Waals surface area (Å²) in [7, 11) is 0. The molecule has 0 aromatic heterocycles. The van der Waals surface area contributed by atoms with E-state index < -0.39 is 0 Å². The van der Waals surface area contributed by atoms with E-state index in [1.807, 2.05) is 26.8 Å². The van der Waals surface area contributed by atoms with Crippen LogP contribution in [-0.4, -0.2) is 18.1 Å². The highest BCUT2D eigenvalue weighted by molar-refractivity contribution is 5.78. The smallest absolute Gasteiger partial charge is 0.258 e. The highest BCUT2D eigenvalue weighted by Gasteiger charge is 2.17. The molecule has 4 heteroatoms. The molecule has 0 saturated carbocycles. The zero-order chi connectivity index (χ0) is 13.6. The van der Waals surface area contributed by atoms with Crippen LogP contribution in [0.1, 0.15) is 32.8 Å². The van der Waals surface area contributed by atoms with Crippen LogP contribution in [0.2, 0.25) is 0 Å². The van der Waals surface area contributed by atoms with E-state index in [9.17, 15) is 4.79 Å². The first-order valence-electron chi connectivity index (χ1n) is 5.91. The van der Waals surface area contributed by atoms with Gasteiger partial charge in [0.15, 0.2) is 6.61 Å². The van der Waals surface area contributed by atoms with Gasteiger partial charge in [0.05, 0.1) is 11.6 Å². The Morgan fingerprint density at radius 1 is 1.50 bits per heavy atom. The first kappa shape index (κ1) is 14.0. The molecular formula is C14H18N2O2. The van der Waals surface area contributed by atoms with Crippen molar-refractivity contribution in [2.45, 2.75) is 32.7 Å². The van der Waals surface area contributed by atoms with Crippen LogP contribution in [0.5, 0.6) is 5.75 Å². The van der Waals surface area contributed by atoms with Crippen LogP contribution in [0.15, 0.2) is 24.3 Å². The van der Waals surface area contributed by atoms with Crippen LogP contribution < -0.4 is 10.1 Å². The van der Waals surface area contributed by atoms with Gasteiger partial charge in [-0.25, -0.2) is 0 Å². The number of nitrogens with one attached hydrogen (secondary N) is 1. The van der Waals surface area contributed by atoms with Crippen molar-refractivity contribution in [2.75, 3.05) is 6.61 Å². The first-order chi connectivity index (χ1) is 8.46. The van der Waals surface area contributed by atoms with Gasteiger partial charge in [0.2, 0.25) is 0 Å². The minimum Gasteiger partial charge on any atom is -0.484 e. The summed E-state index contributed by atoms with van der Waals surface area (Å²) < 4.78 is 5.34. The van der Waals surface area contributed by atoms with Crippen molar-refractivity contribution in [3.8, 4) is 11.8 Å². The first-order valence-corrected chi connectivity index (χ1v) is 5.91. The van der Waals surface area contributed by atoms with Gasteiger partial charge >= 0.3 is 0 Å². The third-order valence-corrected chi connectivity index (χ3v) is 2.69. The van der Waals surface area contributed by atoms with Gasteiger partial charge in [0.1, 0.15) is 5.75 Å². The fourth-order valence-electron chi connectivity index (χ4n) is 1.31. The van der Waals surface area contributed by atoms with Gasteiger partial charge in [0.25, 0.3) is 5.91 Å². The Kier molecular flexibility index (Phi) is 4.73. The lowest BCUT2D eigenvalue weighted by Gasteiger charge is -2.24. The van der Waals surface area contributed by atoms with Crippen LogP contribution in [0.4, 0.5) is 0 Å². The standard InChI is InChI=1S/C14H18N2O2/c1-4-14(2,3)16-13(17)10-18-12-7-5-6-11(8-12)9-15/h5-8H,4,10H2,1-3H3,(H,16,17). The van der Waals surface area contributed by atoms with E-state index in [-0.39, 0.29) is 18.1 Å². The maximum absolute atomic E-state index is 11.6. The molecule has 96 valence electrons. The third-order valence-electron chi connectivity index (χ3n) is 2.69. The molecule has 4 nitrogen and oxygen atoms in total. The zero-order valence-corrected chi connectivity index (χ0v) is 11.0. The second-order valence-corrected chi connectivity index (χ2v) is 4.71. The Morgan fingerprint density at radius 3 is 2.83 bits per heavy atom. The lowest BCUT2D eigenvalue weighted by Crippen LogP contribution is -2.44. The highest BCUT2D eigenvalue weighted by atomic mass is 16.5. The summed E-state index contributed by atoms with van der Waals surface area (Å²) in [5.41, 5.74) is 0.288. The molecule has 1 amide bonds. The highest BCUT2D eigenvalue weighted by Crippen LogP contribution is 2.12. The van der Waals surface area contributed by atoms with E-state index in [0.717, 1.165) is 6.42 Å². The van der Waals surface area contributed by atoms with Gasteiger partial charge in [-0.3, -0.25) is 4.79 Å². The van der Waals surface area contributed by atoms with Crippen molar-refractivity contribution < 1.29 is 9.53 Å². The van der Waals surface area contributed by atoms with Gasteiger partial charge in [-0.15, -0.1) is 0 Å². The molecule has 0 radical (unpaired) electrons. The molecule has 0 unspecified atom stereocenters. The minimum atomic E-state index is -0.227. The van der Waals surface area contributed by atoms with Crippen LogP contribution in [0, 0.1) is 11.3 Å². The second kappa shape index (κ2) is 6.06. The van der Waals surface area contributed by atoms with Crippen molar-refractivity contribution in [2.24, 2.45) is 0 Å². The molecule has 1 aromatic rings. The topological polar surface area (TPSA) is 62.1 Å². The van der Waals surface area contributed by atoms with E-state index >= 15 is 0 Å². The normalized spacial score (nSPS) is 10.6. The predicted molar refractivity (Wildman–Crippen MR) is 69.2 cm³/mol. The van der Waals surface area contributed by atoms with E-state index in [2.05, 4.69) is 5.32 Å². The molecule has 0 spiro atoms. The lowest BCUT2D eigenvalue weighted by molar-refractivity contribution is -0.124. The predicted octanol–water partition coefficient (Wildman–Crippen LogP) is 2.24. The molecule has 0 bridgehead atoms. The number of hydrogen-bond donors (Lipinski definition) is 1. The van der Waals surface area contributed by atoms with Crippen molar-refractivity contribution in [1.82, 2.24) is 5.32 Å². The van der Waals surface area contributed by atoms with Crippen molar-refractivity contribution in [3.63, 3.8) is 0 Å². The van der Waals surface area contributed by atoms with Gasteiger partial charge in [-0.2, -0.15) is 5.26 Å². The maximum atomic E-state index is 11.6. The molecule has 0 atom stereocenters. The third kappa shape index (κ3) is 4.46. The fourth-order valence-corrected chi connectivity index (χ4v) is 1.31. The summed E-state index contributed by atoms with van der Waals surface area (Å²) >= 11 is 0. The number of benzene rings is 1. The number of nitriles is 1. The number of hydrogen-bond acceptors (Lipinski definition) is 3. The number of ether oxygens (including phenoxy) is 1. The number of rotatable bonds is 5. The Balaban J connectivity index is 2.50. The molecule has 1 rings (SSSR count). The fraction of sp³-hybridized carbons (Fsp3) is 0.429. The maximum Gasteiger partial charge on any atom is 0.258 e. The number of amides is 1. The minimum absolute atomic E-state index is 0.0433. The quantitative estimate of drug-likeness (QED) is 0.866. The Hall–Kier alpha value is -2.02. The van der Waals surface area contributed by atoms with E-state index in [4.69, 9.17) is 10.00 Å². The molecule has 18 heavy (non-hydrogen) atoms. The van der Waals surface area contributed by atoms with Crippen LogP contribution in [0.25, 0.3) is 0 Å². The van der Waals surface area contributed by atoms with Crippen LogP contribution >= 0.6 is 0 Å². The van der Waals surface area contributed by atoms with Crippen LogP contribution in [0.3, 0.4) is 0 Å². The van der Waals surface area contributed by atoms with Gasteiger partial charge in [-0.05, 0) is 38.5 Å². The monoisotopic (exact) mass is 246 g/mol. The van der Waals surface area contributed by atoms with E-state index in [1.165, 1.54) is 0 Å². The molecule has 1 aromatic carbocycles. The average molecular weight is 246 g/mol. The molecule has 0 fully saturated rings. The number of carbonyl (C=O) groups is 1. The molecular weight excluding hydrogens is 228 g/mol. The summed E-state index contributed by atoms with van der Waals surface area (Å²) in [6, 6.07) is 8.76. The molecule has 0 aliphatic heterocycles. The summed E-state index contributed by atoms with van der Waals surface area (Å²) in [5, 5.41) is 11.6. The van der Waals surface area contributed by atoms with E-state index in [0.29, 0.717) is 11.3 Å². The molecule has 0 aliphatic carbocycles. The van der Waals surface area contributed by atoms with Crippen LogP contribution in [-0.2, 0) is 4.79 Å². The van der Waals surface area contributed by atoms with Gasteiger partial charge < -0.3 is 10.1 Å². The Morgan fingerprint density at radius 2 is 2.22 bits per heavy atom. The SMILES string of the molecule is CCC(C)(C)NC(=O)COc1cccc(C#N)c1. The lowest BCUT2D eigenvalue weighted by atomic mass is 10.0.